The van der Waals surface area contributed by atoms with E-state index in [1.807, 2.05) is 29.9 Å². The number of nitrogens with zero attached hydrogens (tertiary/aromatic N) is 2. The Hall–Kier alpha value is -1.32. The minimum Gasteiger partial charge on any atom is -0.377 e. The molecule has 3 nitrogen and oxygen atoms in total. The Balaban J connectivity index is 2.45. The first kappa shape index (κ1) is 14.1. The fraction of sp³-hybridized carbons (Fsp3) is 0.400. The summed E-state index contributed by atoms with van der Waals surface area (Å²) in [5.74, 6) is 0.670. The summed E-state index contributed by atoms with van der Waals surface area (Å²) >= 11 is 5.92. The normalized spacial score (nSPS) is 14.3. The highest BCUT2D eigenvalue weighted by atomic mass is 35.5. The lowest BCUT2D eigenvalue weighted by Crippen LogP contribution is -2.30. The number of aryl methyl sites for hydroxylation is 1. The minimum atomic E-state index is -1.06. The summed E-state index contributed by atoms with van der Waals surface area (Å²) in [5, 5.41) is 11.8. The van der Waals surface area contributed by atoms with E-state index >= 15 is 0 Å². The number of aliphatic hydroxyl groups is 1. The van der Waals surface area contributed by atoms with Gasteiger partial charge in [-0.15, -0.1) is 0 Å². The SMILES string of the molecule is CCCCC(O)(c1ccc(Cl)cc1)c1nccn1C. The third kappa shape index (κ3) is 2.82. The van der Waals surface area contributed by atoms with Crippen LogP contribution in [0.2, 0.25) is 5.02 Å². The highest BCUT2D eigenvalue weighted by Crippen LogP contribution is 2.33. The molecule has 0 aliphatic rings. The zero-order valence-corrected chi connectivity index (χ0v) is 12.1. The van der Waals surface area contributed by atoms with E-state index in [-0.39, 0.29) is 0 Å². The van der Waals surface area contributed by atoms with Gasteiger partial charge < -0.3 is 9.67 Å². The lowest BCUT2D eigenvalue weighted by molar-refractivity contribution is 0.0563. The Morgan fingerprint density at radius 1 is 1.32 bits per heavy atom. The van der Waals surface area contributed by atoms with Crippen molar-refractivity contribution in [2.24, 2.45) is 7.05 Å². The Labute approximate surface area is 118 Å². The number of imidazole rings is 1. The number of aromatic nitrogens is 2. The molecule has 0 radical (unpaired) electrons. The van der Waals surface area contributed by atoms with Crippen molar-refractivity contribution in [1.82, 2.24) is 9.55 Å². The molecule has 102 valence electrons. The van der Waals surface area contributed by atoms with Crippen molar-refractivity contribution in [1.29, 1.82) is 0 Å². The second-order valence-corrected chi connectivity index (χ2v) is 5.27. The first-order valence-corrected chi connectivity index (χ1v) is 6.92. The Morgan fingerprint density at radius 2 is 2.00 bits per heavy atom. The lowest BCUT2D eigenvalue weighted by atomic mass is 9.87. The highest BCUT2D eigenvalue weighted by Gasteiger charge is 2.34. The third-order valence-electron chi connectivity index (χ3n) is 3.41. The monoisotopic (exact) mass is 278 g/mol. The summed E-state index contributed by atoms with van der Waals surface area (Å²) in [7, 11) is 1.90. The molecule has 0 aliphatic carbocycles. The second-order valence-electron chi connectivity index (χ2n) is 4.83. The van der Waals surface area contributed by atoms with Gasteiger partial charge >= 0.3 is 0 Å². The third-order valence-corrected chi connectivity index (χ3v) is 3.66. The summed E-state index contributed by atoms with van der Waals surface area (Å²) in [6, 6.07) is 7.34. The molecular weight excluding hydrogens is 260 g/mol. The van der Waals surface area contributed by atoms with Gasteiger partial charge in [0.25, 0.3) is 0 Å². The van der Waals surface area contributed by atoms with Crippen LogP contribution in [-0.4, -0.2) is 14.7 Å². The summed E-state index contributed by atoms with van der Waals surface area (Å²) in [6.07, 6.45) is 6.17. The van der Waals surface area contributed by atoms with Crippen molar-refractivity contribution in [2.75, 3.05) is 0 Å². The molecule has 0 bridgehead atoms. The zero-order valence-electron chi connectivity index (χ0n) is 11.3. The van der Waals surface area contributed by atoms with Gasteiger partial charge in [-0.3, -0.25) is 0 Å². The molecule has 2 aromatic rings. The van der Waals surface area contributed by atoms with Gasteiger partial charge in [0.1, 0.15) is 11.4 Å². The average Bonchev–Trinajstić information content (AvgIpc) is 2.83. The molecule has 1 N–H and O–H groups in total. The number of hydrogen-bond acceptors (Lipinski definition) is 2. The molecule has 19 heavy (non-hydrogen) atoms. The Morgan fingerprint density at radius 3 is 2.53 bits per heavy atom. The lowest BCUT2D eigenvalue weighted by Gasteiger charge is -2.28. The maximum atomic E-state index is 11.1. The molecule has 0 fully saturated rings. The van der Waals surface area contributed by atoms with Crippen LogP contribution >= 0.6 is 11.6 Å². The van der Waals surface area contributed by atoms with Crippen molar-refractivity contribution >= 4 is 11.6 Å². The summed E-state index contributed by atoms with van der Waals surface area (Å²) in [5.41, 5.74) is -0.224. The summed E-state index contributed by atoms with van der Waals surface area (Å²) < 4.78 is 1.87. The summed E-state index contributed by atoms with van der Waals surface area (Å²) in [4.78, 5) is 4.32. The molecule has 1 unspecified atom stereocenters. The molecular formula is C15H19ClN2O. The van der Waals surface area contributed by atoms with Gasteiger partial charge in [0.05, 0.1) is 0 Å². The molecule has 0 amide bonds. The predicted molar refractivity (Wildman–Crippen MR) is 77.2 cm³/mol. The Kier molecular flexibility index (Phi) is 4.27. The number of rotatable bonds is 5. The Bertz CT molecular complexity index is 535. The highest BCUT2D eigenvalue weighted by molar-refractivity contribution is 6.30. The van der Waals surface area contributed by atoms with Gasteiger partial charge in [-0.1, -0.05) is 43.5 Å². The van der Waals surface area contributed by atoms with Crippen LogP contribution in [0.1, 0.15) is 37.6 Å². The number of hydrogen-bond donors (Lipinski definition) is 1. The van der Waals surface area contributed by atoms with E-state index in [9.17, 15) is 5.11 Å². The van der Waals surface area contributed by atoms with Gasteiger partial charge in [0.2, 0.25) is 0 Å². The fourth-order valence-electron chi connectivity index (χ4n) is 2.31. The number of halogens is 1. The molecule has 0 saturated carbocycles. The largest absolute Gasteiger partial charge is 0.377 e. The predicted octanol–water partition coefficient (Wildman–Crippen LogP) is 3.50. The van der Waals surface area contributed by atoms with E-state index in [0.29, 0.717) is 17.3 Å². The molecule has 1 aromatic heterocycles. The van der Waals surface area contributed by atoms with E-state index in [1.165, 1.54) is 0 Å². The molecule has 0 aliphatic heterocycles. The van der Waals surface area contributed by atoms with Crippen LogP contribution in [0.25, 0.3) is 0 Å². The molecule has 0 spiro atoms. The van der Waals surface area contributed by atoms with Crippen molar-refractivity contribution in [2.45, 2.75) is 31.8 Å². The van der Waals surface area contributed by atoms with Gasteiger partial charge in [-0.2, -0.15) is 0 Å². The maximum Gasteiger partial charge on any atom is 0.147 e. The van der Waals surface area contributed by atoms with Crippen molar-refractivity contribution in [3.8, 4) is 0 Å². The van der Waals surface area contributed by atoms with Crippen LogP contribution in [0.3, 0.4) is 0 Å². The first-order chi connectivity index (χ1) is 9.08. The molecule has 1 aromatic carbocycles. The van der Waals surface area contributed by atoms with Crippen molar-refractivity contribution < 1.29 is 5.11 Å². The zero-order chi connectivity index (χ0) is 13.9. The number of benzene rings is 1. The van der Waals surface area contributed by atoms with Crippen LogP contribution < -0.4 is 0 Å². The molecule has 0 saturated heterocycles. The topological polar surface area (TPSA) is 38.1 Å². The van der Waals surface area contributed by atoms with E-state index in [2.05, 4.69) is 11.9 Å². The fourth-order valence-corrected chi connectivity index (χ4v) is 2.43. The van der Waals surface area contributed by atoms with E-state index in [4.69, 9.17) is 11.6 Å². The van der Waals surface area contributed by atoms with Crippen LogP contribution in [-0.2, 0) is 12.6 Å². The van der Waals surface area contributed by atoms with Gasteiger partial charge in [0.15, 0.2) is 0 Å². The van der Waals surface area contributed by atoms with Crippen LogP contribution in [0.15, 0.2) is 36.7 Å². The number of unbranched alkanes of at least 4 members (excludes halogenated alkanes) is 1. The molecule has 1 atom stereocenters. The van der Waals surface area contributed by atoms with Gasteiger partial charge in [-0.25, -0.2) is 4.98 Å². The second kappa shape index (κ2) is 5.76. The molecule has 2 rings (SSSR count). The van der Waals surface area contributed by atoms with Crippen LogP contribution in [0.5, 0.6) is 0 Å². The van der Waals surface area contributed by atoms with E-state index in [0.717, 1.165) is 18.4 Å². The van der Waals surface area contributed by atoms with E-state index < -0.39 is 5.60 Å². The van der Waals surface area contributed by atoms with Crippen molar-refractivity contribution in [3.05, 3.63) is 53.1 Å². The summed E-state index contributed by atoms with van der Waals surface area (Å²) in [6.45, 7) is 2.11. The standard InChI is InChI=1S/C15H19ClN2O/c1-3-4-9-15(19,14-17-10-11-18(14)2)12-5-7-13(16)8-6-12/h5-8,10-11,19H,3-4,9H2,1-2H3. The smallest absolute Gasteiger partial charge is 0.147 e. The first-order valence-electron chi connectivity index (χ1n) is 6.54. The van der Waals surface area contributed by atoms with Gasteiger partial charge in [0, 0.05) is 24.5 Å². The quantitative estimate of drug-likeness (QED) is 0.909. The maximum absolute atomic E-state index is 11.1. The molecule has 1 heterocycles. The average molecular weight is 279 g/mol. The van der Waals surface area contributed by atoms with Gasteiger partial charge in [-0.05, 0) is 24.1 Å². The van der Waals surface area contributed by atoms with Crippen LogP contribution in [0.4, 0.5) is 0 Å². The minimum absolute atomic E-state index is 0.649. The van der Waals surface area contributed by atoms with E-state index in [1.54, 1.807) is 18.3 Å². The van der Waals surface area contributed by atoms with Crippen LogP contribution in [0, 0.1) is 0 Å². The molecule has 4 heteroatoms. The van der Waals surface area contributed by atoms with Crippen molar-refractivity contribution in [3.63, 3.8) is 0 Å².